The molecule has 4 atom stereocenters. The fraction of sp³-hybridized carbons (Fsp3) is 0.412. The number of hydrogen-bond acceptors (Lipinski definition) is 6. The molecule has 0 N–H and O–H groups in total. The van der Waals surface area contributed by atoms with Gasteiger partial charge in [0, 0.05) is 13.8 Å². The highest BCUT2D eigenvalue weighted by atomic mass is 16.7. The van der Waals surface area contributed by atoms with E-state index in [1.165, 1.54) is 19.9 Å². The van der Waals surface area contributed by atoms with Gasteiger partial charge in [0.1, 0.15) is 6.10 Å². The van der Waals surface area contributed by atoms with Crippen LogP contribution in [0.25, 0.3) is 0 Å². The van der Waals surface area contributed by atoms with E-state index >= 15 is 0 Å². The van der Waals surface area contributed by atoms with E-state index in [0.717, 1.165) is 5.56 Å². The van der Waals surface area contributed by atoms with Crippen LogP contribution in [-0.2, 0) is 35.1 Å². The summed E-state index contributed by atoms with van der Waals surface area (Å²) in [6, 6.07) is 9.51. The lowest BCUT2D eigenvalue weighted by molar-refractivity contribution is -0.190. The van der Waals surface area contributed by atoms with Gasteiger partial charge in [0.05, 0.1) is 6.61 Å². The van der Waals surface area contributed by atoms with Gasteiger partial charge in [-0.3, -0.25) is 9.59 Å². The highest BCUT2D eigenvalue weighted by Crippen LogP contribution is 2.29. The van der Waals surface area contributed by atoms with Crippen LogP contribution >= 0.6 is 0 Å². The summed E-state index contributed by atoms with van der Waals surface area (Å²) >= 11 is 0. The van der Waals surface area contributed by atoms with Gasteiger partial charge in [-0.1, -0.05) is 36.4 Å². The Balaban J connectivity index is 2.10. The highest BCUT2D eigenvalue weighted by molar-refractivity contribution is 5.67. The van der Waals surface area contributed by atoms with Crippen LogP contribution < -0.4 is 0 Å². The van der Waals surface area contributed by atoms with E-state index < -0.39 is 36.5 Å². The van der Waals surface area contributed by atoms with Gasteiger partial charge in [-0.15, -0.1) is 6.58 Å². The van der Waals surface area contributed by atoms with E-state index in [1.807, 2.05) is 30.3 Å². The summed E-state index contributed by atoms with van der Waals surface area (Å²) in [5.74, 6) is -1.000. The van der Waals surface area contributed by atoms with Crippen molar-refractivity contribution in [2.24, 2.45) is 0 Å². The summed E-state index contributed by atoms with van der Waals surface area (Å²) in [5.41, 5.74) is 0.948. The van der Waals surface area contributed by atoms with Crippen LogP contribution in [0.3, 0.4) is 0 Å². The molecule has 1 unspecified atom stereocenters. The lowest BCUT2D eigenvalue weighted by Crippen LogP contribution is -2.40. The third-order valence-electron chi connectivity index (χ3n) is 3.30. The quantitative estimate of drug-likeness (QED) is 0.589. The van der Waals surface area contributed by atoms with Gasteiger partial charge in [-0.05, 0) is 5.56 Å². The van der Waals surface area contributed by atoms with E-state index in [1.54, 1.807) is 0 Å². The Labute approximate surface area is 135 Å². The monoisotopic (exact) mass is 320 g/mol. The molecule has 2 rings (SSSR count). The molecule has 0 radical (unpaired) electrons. The molecule has 1 aromatic carbocycles. The van der Waals surface area contributed by atoms with E-state index in [-0.39, 0.29) is 6.61 Å². The molecule has 1 heterocycles. The molecule has 0 bridgehead atoms. The minimum absolute atomic E-state index is 0.278. The first-order valence-corrected chi connectivity index (χ1v) is 7.29. The third-order valence-corrected chi connectivity index (χ3v) is 3.30. The van der Waals surface area contributed by atoms with Crippen LogP contribution in [0.1, 0.15) is 19.4 Å². The molecule has 1 aromatic rings. The van der Waals surface area contributed by atoms with Crippen LogP contribution in [0.15, 0.2) is 43.0 Å². The van der Waals surface area contributed by atoms with Crippen LogP contribution in [0.5, 0.6) is 0 Å². The van der Waals surface area contributed by atoms with Gasteiger partial charge < -0.3 is 18.9 Å². The second kappa shape index (κ2) is 7.89. The van der Waals surface area contributed by atoms with Crippen LogP contribution in [0.2, 0.25) is 0 Å². The first-order chi connectivity index (χ1) is 11.0. The molecule has 124 valence electrons. The SMILES string of the molecule is C=C[C@@H]1OC(OCc2ccccc2)[C@@H](OC(C)=O)[C@@H]1OC(C)=O. The zero-order valence-electron chi connectivity index (χ0n) is 13.1. The summed E-state index contributed by atoms with van der Waals surface area (Å²) in [4.78, 5) is 22.6. The minimum atomic E-state index is -0.844. The number of ether oxygens (including phenoxy) is 4. The fourth-order valence-electron chi connectivity index (χ4n) is 2.37. The Morgan fingerprint density at radius 1 is 1.13 bits per heavy atom. The Hall–Kier alpha value is -2.18. The molecule has 1 saturated heterocycles. The zero-order valence-corrected chi connectivity index (χ0v) is 13.1. The van der Waals surface area contributed by atoms with Crippen molar-refractivity contribution in [3.8, 4) is 0 Å². The smallest absolute Gasteiger partial charge is 0.303 e. The molecule has 6 nitrogen and oxygen atoms in total. The van der Waals surface area contributed by atoms with Crippen molar-refractivity contribution in [3.05, 3.63) is 48.6 Å². The van der Waals surface area contributed by atoms with E-state index in [2.05, 4.69) is 6.58 Å². The molecular weight excluding hydrogens is 300 g/mol. The fourth-order valence-corrected chi connectivity index (χ4v) is 2.37. The van der Waals surface area contributed by atoms with Crippen LogP contribution in [-0.4, -0.2) is 36.5 Å². The number of benzene rings is 1. The summed E-state index contributed by atoms with van der Waals surface area (Å²) in [6.07, 6.45) is -1.58. The van der Waals surface area contributed by atoms with Gasteiger partial charge in [0.25, 0.3) is 0 Å². The van der Waals surface area contributed by atoms with E-state index in [4.69, 9.17) is 18.9 Å². The standard InChI is InChI=1S/C17H20O6/c1-4-14-15(21-11(2)18)16(22-12(3)19)17(23-14)20-10-13-8-6-5-7-9-13/h4-9,14-17H,1,10H2,2-3H3/t14-,15+,16-,17?/m0/s1. The minimum Gasteiger partial charge on any atom is -0.455 e. The highest BCUT2D eigenvalue weighted by Gasteiger charge is 2.48. The van der Waals surface area contributed by atoms with E-state index in [9.17, 15) is 9.59 Å². The van der Waals surface area contributed by atoms with Crippen molar-refractivity contribution in [2.45, 2.75) is 45.1 Å². The van der Waals surface area contributed by atoms with Gasteiger partial charge in [0.2, 0.25) is 0 Å². The predicted octanol–water partition coefficient (Wildman–Crippen LogP) is 1.98. The lowest BCUT2D eigenvalue weighted by atomic mass is 10.1. The molecule has 1 aliphatic rings. The number of rotatable bonds is 6. The predicted molar refractivity (Wildman–Crippen MR) is 81.2 cm³/mol. The number of esters is 2. The molecule has 0 aliphatic carbocycles. The van der Waals surface area contributed by atoms with Gasteiger partial charge in [-0.2, -0.15) is 0 Å². The van der Waals surface area contributed by atoms with E-state index in [0.29, 0.717) is 0 Å². The molecule has 1 fully saturated rings. The topological polar surface area (TPSA) is 71.1 Å². The Kier molecular flexibility index (Phi) is 5.90. The Morgan fingerprint density at radius 3 is 2.30 bits per heavy atom. The maximum atomic E-state index is 11.3. The third kappa shape index (κ3) is 4.64. The first kappa shape index (κ1) is 17.2. The van der Waals surface area contributed by atoms with Crippen molar-refractivity contribution in [3.63, 3.8) is 0 Å². The summed E-state index contributed by atoms with van der Waals surface area (Å²) in [6.45, 7) is 6.49. The van der Waals surface area contributed by atoms with Crippen molar-refractivity contribution in [1.82, 2.24) is 0 Å². The average Bonchev–Trinajstić information content (AvgIpc) is 2.82. The van der Waals surface area contributed by atoms with Crippen LogP contribution in [0.4, 0.5) is 0 Å². The number of carbonyl (C=O) groups excluding carboxylic acids is 2. The molecule has 1 aliphatic heterocycles. The second-order valence-electron chi connectivity index (χ2n) is 5.15. The molecule has 0 amide bonds. The number of hydrogen-bond donors (Lipinski definition) is 0. The number of carbonyl (C=O) groups is 2. The van der Waals surface area contributed by atoms with Gasteiger partial charge in [0.15, 0.2) is 18.5 Å². The Bertz CT molecular complexity index is 555. The summed E-state index contributed by atoms with van der Waals surface area (Å²) in [7, 11) is 0. The second-order valence-corrected chi connectivity index (χ2v) is 5.15. The Morgan fingerprint density at radius 2 is 1.74 bits per heavy atom. The normalized spacial score (nSPS) is 26.5. The molecule has 0 saturated carbocycles. The summed E-state index contributed by atoms with van der Waals surface area (Å²) in [5, 5.41) is 0. The molecule has 0 aromatic heterocycles. The molecule has 0 spiro atoms. The maximum Gasteiger partial charge on any atom is 0.303 e. The average molecular weight is 320 g/mol. The lowest BCUT2D eigenvalue weighted by Gasteiger charge is -2.22. The maximum absolute atomic E-state index is 11.3. The first-order valence-electron chi connectivity index (χ1n) is 7.29. The van der Waals surface area contributed by atoms with Crippen molar-refractivity contribution in [1.29, 1.82) is 0 Å². The van der Waals surface area contributed by atoms with Crippen molar-refractivity contribution < 1.29 is 28.5 Å². The largest absolute Gasteiger partial charge is 0.455 e. The molecular formula is C17H20O6. The zero-order chi connectivity index (χ0) is 16.8. The van der Waals surface area contributed by atoms with Gasteiger partial charge in [-0.25, -0.2) is 0 Å². The van der Waals surface area contributed by atoms with Crippen molar-refractivity contribution >= 4 is 11.9 Å². The summed E-state index contributed by atoms with van der Waals surface area (Å²) < 4.78 is 21.8. The van der Waals surface area contributed by atoms with Gasteiger partial charge >= 0.3 is 11.9 Å². The van der Waals surface area contributed by atoms with Crippen LogP contribution in [0, 0.1) is 0 Å². The molecule has 6 heteroatoms. The van der Waals surface area contributed by atoms with Crippen molar-refractivity contribution in [2.75, 3.05) is 0 Å². The molecule has 23 heavy (non-hydrogen) atoms.